The number of hydrogen-bond acceptors (Lipinski definition) is 3. The second-order valence-corrected chi connectivity index (χ2v) is 6.62. The van der Waals surface area contributed by atoms with E-state index in [0.29, 0.717) is 23.7 Å². The normalized spacial score (nSPS) is 18.5. The monoisotopic (exact) mass is 337 g/mol. The van der Waals surface area contributed by atoms with Crippen LogP contribution in [-0.2, 0) is 9.59 Å². The van der Waals surface area contributed by atoms with Crippen molar-refractivity contribution < 1.29 is 9.59 Å². The summed E-state index contributed by atoms with van der Waals surface area (Å²) >= 11 is 5.90. The van der Waals surface area contributed by atoms with Gasteiger partial charge in [0, 0.05) is 44.3 Å². The molecule has 1 atom stereocenters. The van der Waals surface area contributed by atoms with Gasteiger partial charge in [0.15, 0.2) is 0 Å². The predicted molar refractivity (Wildman–Crippen MR) is 92.6 cm³/mol. The van der Waals surface area contributed by atoms with E-state index in [1.807, 2.05) is 6.07 Å². The number of carbonyl (C=O) groups is 2. The lowest BCUT2D eigenvalue weighted by molar-refractivity contribution is -0.134. The second-order valence-electron chi connectivity index (χ2n) is 6.18. The molecule has 5 nitrogen and oxygen atoms in total. The van der Waals surface area contributed by atoms with Gasteiger partial charge in [-0.25, -0.2) is 0 Å². The lowest BCUT2D eigenvalue weighted by Gasteiger charge is -2.33. The van der Waals surface area contributed by atoms with Gasteiger partial charge in [0.25, 0.3) is 0 Å². The van der Waals surface area contributed by atoms with Crippen LogP contribution in [0.2, 0.25) is 5.02 Å². The molecule has 2 amide bonds. The smallest absolute Gasteiger partial charge is 0.226 e. The van der Waals surface area contributed by atoms with Crippen LogP contribution in [0.1, 0.15) is 19.3 Å². The van der Waals surface area contributed by atoms with E-state index in [9.17, 15) is 9.59 Å². The van der Waals surface area contributed by atoms with Gasteiger partial charge in [-0.1, -0.05) is 17.7 Å². The van der Waals surface area contributed by atoms with E-state index in [-0.39, 0.29) is 17.7 Å². The number of carbonyl (C=O) groups excluding carboxylic acids is 2. The van der Waals surface area contributed by atoms with Crippen molar-refractivity contribution in [2.75, 3.05) is 39.0 Å². The van der Waals surface area contributed by atoms with Crippen molar-refractivity contribution in [3.63, 3.8) is 0 Å². The maximum Gasteiger partial charge on any atom is 0.226 e. The van der Waals surface area contributed by atoms with Crippen LogP contribution in [0, 0.1) is 5.92 Å². The molecule has 0 radical (unpaired) electrons. The molecule has 0 aromatic heterocycles. The summed E-state index contributed by atoms with van der Waals surface area (Å²) in [6.07, 6.45) is 2.35. The molecule has 1 aromatic rings. The number of hydrogen-bond donors (Lipinski definition) is 1. The fourth-order valence-corrected chi connectivity index (χ4v) is 3.07. The van der Waals surface area contributed by atoms with Gasteiger partial charge in [-0.15, -0.1) is 0 Å². The van der Waals surface area contributed by atoms with Crippen LogP contribution in [0.15, 0.2) is 24.3 Å². The van der Waals surface area contributed by atoms with Crippen molar-refractivity contribution in [1.82, 2.24) is 9.80 Å². The Hall–Kier alpha value is -1.59. The maximum atomic E-state index is 12.1. The average molecular weight is 338 g/mol. The highest BCUT2D eigenvalue weighted by atomic mass is 35.5. The van der Waals surface area contributed by atoms with Crippen molar-refractivity contribution in [3.8, 4) is 0 Å². The van der Waals surface area contributed by atoms with Crippen molar-refractivity contribution in [1.29, 1.82) is 0 Å². The average Bonchev–Trinajstić information content (AvgIpc) is 2.52. The first kappa shape index (κ1) is 17.8. The zero-order valence-electron chi connectivity index (χ0n) is 13.7. The minimum atomic E-state index is -0.0340. The third-order valence-corrected chi connectivity index (χ3v) is 4.29. The molecule has 23 heavy (non-hydrogen) atoms. The maximum absolute atomic E-state index is 12.1. The molecule has 1 aliphatic rings. The molecule has 1 saturated heterocycles. The summed E-state index contributed by atoms with van der Waals surface area (Å²) in [5.74, 6) is 0.196. The number of rotatable bonds is 5. The highest BCUT2D eigenvalue weighted by Gasteiger charge is 2.26. The molecule has 0 bridgehead atoms. The molecule has 1 aliphatic heterocycles. The number of benzene rings is 1. The third-order valence-electron chi connectivity index (χ3n) is 4.06. The Morgan fingerprint density at radius 3 is 2.87 bits per heavy atom. The van der Waals surface area contributed by atoms with Gasteiger partial charge in [-0.05, 0) is 37.6 Å². The first-order valence-electron chi connectivity index (χ1n) is 7.94. The van der Waals surface area contributed by atoms with Crippen LogP contribution < -0.4 is 5.32 Å². The zero-order chi connectivity index (χ0) is 16.8. The van der Waals surface area contributed by atoms with Gasteiger partial charge in [0.1, 0.15) is 0 Å². The highest BCUT2D eigenvalue weighted by molar-refractivity contribution is 6.30. The van der Waals surface area contributed by atoms with Gasteiger partial charge in [0.05, 0.1) is 5.92 Å². The molecule has 1 unspecified atom stereocenters. The zero-order valence-corrected chi connectivity index (χ0v) is 14.5. The summed E-state index contributed by atoms with van der Waals surface area (Å²) in [6, 6.07) is 7.12. The molecule has 2 rings (SSSR count). The molecule has 0 spiro atoms. The summed E-state index contributed by atoms with van der Waals surface area (Å²) in [6.45, 7) is 2.35. The fourth-order valence-electron chi connectivity index (χ4n) is 2.87. The minimum Gasteiger partial charge on any atom is -0.349 e. The molecule has 1 heterocycles. The number of halogens is 1. The second kappa shape index (κ2) is 8.31. The third kappa shape index (κ3) is 5.52. The molecule has 6 heteroatoms. The number of amides is 2. The minimum absolute atomic E-state index is 0.0340. The topological polar surface area (TPSA) is 52.7 Å². The van der Waals surface area contributed by atoms with Crippen LogP contribution >= 0.6 is 11.6 Å². The number of anilines is 1. The van der Waals surface area contributed by atoms with Crippen LogP contribution in [0.3, 0.4) is 0 Å². The summed E-state index contributed by atoms with van der Waals surface area (Å²) in [7, 11) is 3.58. The Balaban J connectivity index is 1.78. The Kier molecular flexibility index (Phi) is 6.42. The number of piperidine rings is 1. The summed E-state index contributed by atoms with van der Waals surface area (Å²) in [5, 5.41) is 3.45. The number of nitrogens with zero attached hydrogens (tertiary/aromatic N) is 2. The first-order valence-corrected chi connectivity index (χ1v) is 8.32. The Bertz CT molecular complexity index is 563. The van der Waals surface area contributed by atoms with E-state index in [2.05, 4.69) is 10.2 Å². The lowest BCUT2D eigenvalue weighted by Crippen LogP contribution is -2.43. The SMILES string of the molecule is CN(C)C(=O)C1CCCN(CCC(=O)Nc2cccc(Cl)c2)C1. The molecule has 1 aromatic carbocycles. The Morgan fingerprint density at radius 1 is 1.39 bits per heavy atom. The molecule has 0 aliphatic carbocycles. The van der Waals surface area contributed by atoms with Crippen LogP contribution in [0.25, 0.3) is 0 Å². The van der Waals surface area contributed by atoms with Gasteiger partial charge in [-0.2, -0.15) is 0 Å². The number of likely N-dealkylation sites (tertiary alicyclic amines) is 1. The van der Waals surface area contributed by atoms with E-state index < -0.39 is 0 Å². The van der Waals surface area contributed by atoms with Crippen molar-refractivity contribution in [2.24, 2.45) is 5.92 Å². The Morgan fingerprint density at radius 2 is 2.17 bits per heavy atom. The fraction of sp³-hybridized carbons (Fsp3) is 0.529. The quantitative estimate of drug-likeness (QED) is 0.898. The van der Waals surface area contributed by atoms with Crippen molar-refractivity contribution in [2.45, 2.75) is 19.3 Å². The van der Waals surface area contributed by atoms with Crippen molar-refractivity contribution >= 4 is 29.1 Å². The van der Waals surface area contributed by atoms with Gasteiger partial charge >= 0.3 is 0 Å². The summed E-state index contributed by atoms with van der Waals surface area (Å²) in [4.78, 5) is 28.0. The number of nitrogens with one attached hydrogen (secondary N) is 1. The highest BCUT2D eigenvalue weighted by Crippen LogP contribution is 2.19. The van der Waals surface area contributed by atoms with Gasteiger partial charge < -0.3 is 15.1 Å². The van der Waals surface area contributed by atoms with E-state index in [1.54, 1.807) is 37.2 Å². The van der Waals surface area contributed by atoms with Crippen LogP contribution in [0.4, 0.5) is 5.69 Å². The molecular weight excluding hydrogens is 314 g/mol. The molecular formula is C17H24ClN3O2. The van der Waals surface area contributed by atoms with Crippen LogP contribution in [-0.4, -0.2) is 55.3 Å². The lowest BCUT2D eigenvalue weighted by atomic mass is 9.96. The predicted octanol–water partition coefficient (Wildman–Crippen LogP) is 2.47. The van der Waals surface area contributed by atoms with Crippen molar-refractivity contribution in [3.05, 3.63) is 29.3 Å². The van der Waals surface area contributed by atoms with Crippen LogP contribution in [0.5, 0.6) is 0 Å². The van der Waals surface area contributed by atoms with Gasteiger partial charge in [0.2, 0.25) is 11.8 Å². The van der Waals surface area contributed by atoms with E-state index in [4.69, 9.17) is 11.6 Å². The van der Waals surface area contributed by atoms with E-state index in [1.165, 1.54) is 0 Å². The molecule has 1 N–H and O–H groups in total. The van der Waals surface area contributed by atoms with E-state index >= 15 is 0 Å². The molecule has 126 valence electrons. The Labute approximate surface area is 142 Å². The summed E-state index contributed by atoms with van der Waals surface area (Å²) < 4.78 is 0. The largest absolute Gasteiger partial charge is 0.349 e. The first-order chi connectivity index (χ1) is 11.0. The molecule has 0 saturated carbocycles. The molecule has 1 fully saturated rings. The van der Waals surface area contributed by atoms with E-state index in [0.717, 1.165) is 25.9 Å². The van der Waals surface area contributed by atoms with Gasteiger partial charge in [-0.3, -0.25) is 9.59 Å². The summed E-state index contributed by atoms with van der Waals surface area (Å²) in [5.41, 5.74) is 0.710. The standard InChI is InChI=1S/C17H24ClN3O2/c1-20(2)17(23)13-5-4-9-21(12-13)10-8-16(22)19-15-7-3-6-14(18)11-15/h3,6-7,11,13H,4-5,8-10,12H2,1-2H3,(H,19,22).